The summed E-state index contributed by atoms with van der Waals surface area (Å²) in [5, 5.41) is 0. The van der Waals surface area contributed by atoms with Crippen LogP contribution in [0.4, 0.5) is 0 Å². The second-order valence-corrected chi connectivity index (χ2v) is 7.47. The van der Waals surface area contributed by atoms with Crippen molar-refractivity contribution < 1.29 is 14.3 Å². The maximum Gasteiger partial charge on any atom is 0.268 e. The predicted molar refractivity (Wildman–Crippen MR) is 109 cm³/mol. The number of thioether (sulfide) groups is 1. The first-order valence-corrected chi connectivity index (χ1v) is 10.1. The van der Waals surface area contributed by atoms with Crippen molar-refractivity contribution in [3.8, 4) is 5.75 Å². The predicted octanol–water partition coefficient (Wildman–Crippen LogP) is 4.51. The number of benzene rings is 2. The minimum absolute atomic E-state index is 0.211. The number of hydrogen-bond acceptors (Lipinski definition) is 4. The third-order valence-electron chi connectivity index (χ3n) is 4.21. The van der Waals surface area contributed by atoms with Gasteiger partial charge in [0.15, 0.2) is 0 Å². The number of amides is 2. The molecule has 0 spiro atoms. The van der Waals surface area contributed by atoms with E-state index in [1.807, 2.05) is 61.5 Å². The van der Waals surface area contributed by atoms with Crippen molar-refractivity contribution in [2.24, 2.45) is 0 Å². The molecule has 0 saturated heterocycles. The van der Waals surface area contributed by atoms with Crippen molar-refractivity contribution >= 4 is 29.1 Å². The minimum Gasteiger partial charge on any atom is -0.494 e. The van der Waals surface area contributed by atoms with E-state index in [0.717, 1.165) is 29.1 Å². The van der Waals surface area contributed by atoms with Crippen LogP contribution in [-0.4, -0.2) is 29.1 Å². The van der Waals surface area contributed by atoms with Crippen LogP contribution in [0.3, 0.4) is 0 Å². The Hall–Kier alpha value is -2.53. The van der Waals surface area contributed by atoms with Gasteiger partial charge in [-0.3, -0.25) is 14.5 Å². The van der Waals surface area contributed by atoms with E-state index >= 15 is 0 Å². The fourth-order valence-corrected chi connectivity index (χ4v) is 3.81. The van der Waals surface area contributed by atoms with Crippen LogP contribution in [0, 0.1) is 0 Å². The van der Waals surface area contributed by atoms with E-state index in [4.69, 9.17) is 4.74 Å². The zero-order valence-corrected chi connectivity index (χ0v) is 16.4. The monoisotopic (exact) mass is 381 g/mol. The molecule has 0 N–H and O–H groups in total. The molecule has 1 aliphatic heterocycles. The Labute approximate surface area is 164 Å². The van der Waals surface area contributed by atoms with E-state index < -0.39 is 0 Å². The quantitative estimate of drug-likeness (QED) is 0.631. The highest BCUT2D eigenvalue weighted by molar-refractivity contribution is 8.04. The van der Waals surface area contributed by atoms with Crippen molar-refractivity contribution in [2.75, 3.05) is 12.4 Å². The van der Waals surface area contributed by atoms with E-state index in [-0.39, 0.29) is 18.4 Å². The van der Waals surface area contributed by atoms with Gasteiger partial charge in [-0.25, -0.2) is 0 Å². The molecule has 0 radical (unpaired) electrons. The van der Waals surface area contributed by atoms with Crippen molar-refractivity contribution in [3.05, 3.63) is 70.6 Å². The number of rotatable bonds is 8. The van der Waals surface area contributed by atoms with Gasteiger partial charge in [0.2, 0.25) is 0 Å². The van der Waals surface area contributed by atoms with Crippen LogP contribution in [0.5, 0.6) is 5.75 Å². The fraction of sp³-hybridized carbons (Fsp3) is 0.273. The average Bonchev–Trinajstić information content (AvgIpc) is 2.92. The van der Waals surface area contributed by atoms with Gasteiger partial charge in [-0.05, 0) is 35.4 Å². The maximum absolute atomic E-state index is 13.1. The molecule has 2 aromatic rings. The van der Waals surface area contributed by atoms with Gasteiger partial charge in [-0.15, -0.1) is 11.8 Å². The van der Waals surface area contributed by atoms with Gasteiger partial charge in [-0.2, -0.15) is 0 Å². The SMILES string of the molecule is CCCOc1ccc(C2=C(SCC)C(=O)N(Cc3ccccc3)C2=O)cc1. The van der Waals surface area contributed by atoms with E-state index in [2.05, 4.69) is 6.92 Å². The Morgan fingerprint density at radius 3 is 2.26 bits per heavy atom. The molecule has 140 valence electrons. The lowest BCUT2D eigenvalue weighted by Crippen LogP contribution is -2.30. The lowest BCUT2D eigenvalue weighted by molar-refractivity contribution is -0.137. The summed E-state index contributed by atoms with van der Waals surface area (Å²) in [5.41, 5.74) is 2.18. The molecular weight excluding hydrogens is 358 g/mol. The Bertz CT molecular complexity index is 844. The molecule has 1 aliphatic rings. The lowest BCUT2D eigenvalue weighted by atomic mass is 10.1. The third-order valence-corrected chi connectivity index (χ3v) is 5.17. The summed E-state index contributed by atoms with van der Waals surface area (Å²) >= 11 is 1.42. The van der Waals surface area contributed by atoms with Crippen molar-refractivity contribution in [1.82, 2.24) is 4.90 Å². The molecular formula is C22H23NO3S. The second-order valence-electron chi connectivity index (χ2n) is 6.19. The van der Waals surface area contributed by atoms with Crippen LogP contribution in [0.2, 0.25) is 0 Å². The first-order chi connectivity index (χ1) is 13.2. The molecule has 0 unspecified atom stereocenters. The van der Waals surface area contributed by atoms with E-state index in [1.165, 1.54) is 16.7 Å². The van der Waals surface area contributed by atoms with Crippen molar-refractivity contribution in [1.29, 1.82) is 0 Å². The zero-order valence-electron chi connectivity index (χ0n) is 15.6. The molecule has 2 amide bonds. The molecule has 4 nitrogen and oxygen atoms in total. The molecule has 5 heteroatoms. The van der Waals surface area contributed by atoms with Crippen LogP contribution >= 0.6 is 11.8 Å². The molecule has 0 aliphatic carbocycles. The minimum atomic E-state index is -0.234. The zero-order chi connectivity index (χ0) is 19.2. The summed E-state index contributed by atoms with van der Waals surface area (Å²) in [6, 6.07) is 17.0. The number of imide groups is 1. The van der Waals surface area contributed by atoms with Crippen molar-refractivity contribution in [3.63, 3.8) is 0 Å². The fourth-order valence-electron chi connectivity index (χ4n) is 2.93. The number of carbonyl (C=O) groups is 2. The van der Waals surface area contributed by atoms with Gasteiger partial charge in [-0.1, -0.05) is 56.3 Å². The number of carbonyl (C=O) groups excluding carboxylic acids is 2. The summed E-state index contributed by atoms with van der Waals surface area (Å²) in [5.74, 6) is 1.05. The Morgan fingerprint density at radius 2 is 1.63 bits per heavy atom. The Balaban J connectivity index is 1.89. The molecule has 0 fully saturated rings. The van der Waals surface area contributed by atoms with Gasteiger partial charge in [0, 0.05) is 0 Å². The van der Waals surface area contributed by atoms with Gasteiger partial charge < -0.3 is 4.74 Å². The highest BCUT2D eigenvalue weighted by atomic mass is 32.2. The van der Waals surface area contributed by atoms with Crippen LogP contribution in [0.15, 0.2) is 59.5 Å². The summed E-state index contributed by atoms with van der Waals surface area (Å²) in [6.07, 6.45) is 0.936. The molecule has 2 aromatic carbocycles. The van der Waals surface area contributed by atoms with Crippen LogP contribution < -0.4 is 4.74 Å². The molecule has 1 heterocycles. The van der Waals surface area contributed by atoms with Gasteiger partial charge >= 0.3 is 0 Å². The molecule has 0 atom stereocenters. The molecule has 0 bridgehead atoms. The van der Waals surface area contributed by atoms with E-state index in [9.17, 15) is 9.59 Å². The maximum atomic E-state index is 13.1. The summed E-state index contributed by atoms with van der Waals surface area (Å²) in [4.78, 5) is 27.8. The average molecular weight is 381 g/mol. The Morgan fingerprint density at radius 1 is 0.926 bits per heavy atom. The lowest BCUT2D eigenvalue weighted by Gasteiger charge is -2.15. The first kappa shape index (κ1) is 19.2. The molecule has 0 aromatic heterocycles. The Kier molecular flexibility index (Phi) is 6.35. The third kappa shape index (κ3) is 4.25. The summed E-state index contributed by atoms with van der Waals surface area (Å²) in [7, 11) is 0. The van der Waals surface area contributed by atoms with Crippen LogP contribution in [0.25, 0.3) is 5.57 Å². The normalized spacial score (nSPS) is 14.2. The summed E-state index contributed by atoms with van der Waals surface area (Å²) in [6.45, 7) is 4.97. The number of ether oxygens (including phenoxy) is 1. The summed E-state index contributed by atoms with van der Waals surface area (Å²) < 4.78 is 5.61. The van der Waals surface area contributed by atoms with E-state index in [0.29, 0.717) is 17.1 Å². The first-order valence-electron chi connectivity index (χ1n) is 9.16. The number of nitrogens with zero attached hydrogens (tertiary/aromatic N) is 1. The van der Waals surface area contributed by atoms with E-state index in [1.54, 1.807) is 0 Å². The molecule has 0 saturated carbocycles. The second kappa shape index (κ2) is 8.91. The van der Waals surface area contributed by atoms with Gasteiger partial charge in [0.25, 0.3) is 11.8 Å². The smallest absolute Gasteiger partial charge is 0.268 e. The van der Waals surface area contributed by atoms with Gasteiger partial charge in [0.05, 0.1) is 23.6 Å². The molecule has 3 rings (SSSR count). The number of hydrogen-bond donors (Lipinski definition) is 0. The van der Waals surface area contributed by atoms with Gasteiger partial charge in [0.1, 0.15) is 5.75 Å². The highest BCUT2D eigenvalue weighted by Gasteiger charge is 2.38. The molecule has 27 heavy (non-hydrogen) atoms. The van der Waals surface area contributed by atoms with Crippen LogP contribution in [0.1, 0.15) is 31.4 Å². The van der Waals surface area contributed by atoms with Crippen LogP contribution in [-0.2, 0) is 16.1 Å². The largest absolute Gasteiger partial charge is 0.494 e. The topological polar surface area (TPSA) is 46.6 Å². The standard InChI is InChI=1S/C22H23NO3S/c1-3-14-26-18-12-10-17(11-13-18)19-20(27-4-2)22(25)23(21(19)24)15-16-8-6-5-7-9-16/h5-13H,3-4,14-15H2,1-2H3. The van der Waals surface area contributed by atoms with Crippen molar-refractivity contribution in [2.45, 2.75) is 26.8 Å². The highest BCUT2D eigenvalue weighted by Crippen LogP contribution is 2.37.